The Labute approximate surface area is 104 Å². The lowest BCUT2D eigenvalue weighted by molar-refractivity contribution is 0.476. The molecule has 0 unspecified atom stereocenters. The molecule has 0 saturated heterocycles. The highest BCUT2D eigenvalue weighted by Gasteiger charge is 2.09. The Morgan fingerprint density at radius 2 is 1.78 bits per heavy atom. The maximum Gasteiger partial charge on any atom is 0.116 e. The molecule has 1 N–H and O–H groups in total. The van der Waals surface area contributed by atoms with Crippen LogP contribution in [0.4, 0.5) is 0 Å². The predicted molar refractivity (Wildman–Crippen MR) is 70.3 cm³/mol. The molecule has 4 nitrogen and oxygen atoms in total. The Morgan fingerprint density at radius 1 is 1.06 bits per heavy atom. The van der Waals surface area contributed by atoms with Crippen molar-refractivity contribution in [1.29, 1.82) is 0 Å². The Kier molecular flexibility index (Phi) is 2.30. The number of benzene rings is 2. The van der Waals surface area contributed by atoms with Crippen LogP contribution in [0.1, 0.15) is 5.69 Å². The van der Waals surface area contributed by atoms with E-state index >= 15 is 0 Å². The lowest BCUT2D eigenvalue weighted by atomic mass is 10.0. The number of rotatable bonds is 1. The maximum absolute atomic E-state index is 9.44. The largest absolute Gasteiger partial charge is 0.508 e. The number of nitrogens with zero attached hydrogens (tertiary/aromatic N) is 3. The summed E-state index contributed by atoms with van der Waals surface area (Å²) in [6.45, 7) is 2.00. The van der Waals surface area contributed by atoms with Gasteiger partial charge in [-0.1, -0.05) is 23.4 Å². The van der Waals surface area contributed by atoms with Gasteiger partial charge in [0.05, 0.1) is 5.69 Å². The quantitative estimate of drug-likeness (QED) is 0.710. The van der Waals surface area contributed by atoms with Crippen LogP contribution >= 0.6 is 0 Å². The second-order valence-electron chi connectivity index (χ2n) is 4.39. The van der Waals surface area contributed by atoms with E-state index in [0.717, 1.165) is 27.7 Å². The van der Waals surface area contributed by atoms with Crippen LogP contribution in [0.25, 0.3) is 22.0 Å². The molecule has 0 saturated carbocycles. The molecule has 0 aliphatic rings. The van der Waals surface area contributed by atoms with Gasteiger partial charge in [-0.2, -0.15) is 0 Å². The van der Waals surface area contributed by atoms with Crippen molar-refractivity contribution in [2.45, 2.75) is 6.92 Å². The molecule has 90 valence electrons. The van der Waals surface area contributed by atoms with E-state index in [1.165, 1.54) is 0 Å². The standard InChI is InChI=1S/C14H13N3O/c1-9-14(15-16-17(9)2)12-4-3-11-8-13(18)6-5-10(11)7-12/h3-8,18H,1-2H3. The molecular formula is C14H13N3O. The van der Waals surface area contributed by atoms with Crippen molar-refractivity contribution >= 4 is 10.8 Å². The van der Waals surface area contributed by atoms with E-state index in [2.05, 4.69) is 16.4 Å². The zero-order valence-electron chi connectivity index (χ0n) is 10.3. The molecule has 2 aromatic carbocycles. The highest BCUT2D eigenvalue weighted by Crippen LogP contribution is 2.26. The zero-order valence-corrected chi connectivity index (χ0v) is 10.3. The molecule has 0 atom stereocenters. The molecule has 0 aliphatic heterocycles. The molecule has 0 radical (unpaired) electrons. The lowest BCUT2D eigenvalue weighted by Gasteiger charge is -2.03. The molecule has 0 amide bonds. The molecule has 0 fully saturated rings. The third-order valence-electron chi connectivity index (χ3n) is 3.20. The van der Waals surface area contributed by atoms with Crippen molar-refractivity contribution in [3.63, 3.8) is 0 Å². The first-order valence-corrected chi connectivity index (χ1v) is 5.74. The maximum atomic E-state index is 9.44. The van der Waals surface area contributed by atoms with E-state index in [-0.39, 0.29) is 5.75 Å². The van der Waals surface area contributed by atoms with Gasteiger partial charge in [-0.05, 0) is 35.9 Å². The molecule has 0 bridgehead atoms. The van der Waals surface area contributed by atoms with Gasteiger partial charge in [0.1, 0.15) is 11.4 Å². The van der Waals surface area contributed by atoms with Gasteiger partial charge in [0, 0.05) is 12.6 Å². The van der Waals surface area contributed by atoms with E-state index in [9.17, 15) is 5.11 Å². The van der Waals surface area contributed by atoms with Crippen molar-refractivity contribution in [1.82, 2.24) is 15.0 Å². The Balaban J connectivity index is 2.19. The third kappa shape index (κ3) is 1.62. The fraction of sp³-hybridized carbons (Fsp3) is 0.143. The molecule has 0 aliphatic carbocycles. The van der Waals surface area contributed by atoms with Crippen LogP contribution in [0.15, 0.2) is 36.4 Å². The van der Waals surface area contributed by atoms with Gasteiger partial charge in [0.2, 0.25) is 0 Å². The van der Waals surface area contributed by atoms with Crippen molar-refractivity contribution in [2.24, 2.45) is 7.05 Å². The van der Waals surface area contributed by atoms with E-state index in [1.807, 2.05) is 32.2 Å². The monoisotopic (exact) mass is 239 g/mol. The first kappa shape index (κ1) is 10.8. The van der Waals surface area contributed by atoms with Gasteiger partial charge in [-0.3, -0.25) is 4.68 Å². The van der Waals surface area contributed by atoms with Crippen LogP contribution in [-0.4, -0.2) is 20.1 Å². The Bertz CT molecular complexity index is 731. The van der Waals surface area contributed by atoms with Gasteiger partial charge in [0.15, 0.2) is 0 Å². The minimum atomic E-state index is 0.283. The number of phenolic OH excluding ortho intramolecular Hbond substituents is 1. The molecule has 1 aromatic heterocycles. The van der Waals surface area contributed by atoms with Gasteiger partial charge < -0.3 is 5.11 Å². The van der Waals surface area contributed by atoms with E-state index in [4.69, 9.17) is 0 Å². The van der Waals surface area contributed by atoms with Crippen molar-refractivity contribution in [3.05, 3.63) is 42.1 Å². The predicted octanol–water partition coefficient (Wildman–Crippen LogP) is 2.65. The number of aryl methyl sites for hydroxylation is 1. The first-order chi connectivity index (χ1) is 8.65. The summed E-state index contributed by atoms with van der Waals surface area (Å²) < 4.78 is 1.76. The van der Waals surface area contributed by atoms with Gasteiger partial charge in [-0.25, -0.2) is 0 Å². The fourth-order valence-corrected chi connectivity index (χ4v) is 2.05. The molecule has 3 aromatic rings. The highest BCUT2D eigenvalue weighted by atomic mass is 16.3. The normalized spacial score (nSPS) is 11.0. The van der Waals surface area contributed by atoms with E-state index < -0.39 is 0 Å². The summed E-state index contributed by atoms with van der Waals surface area (Å²) in [4.78, 5) is 0. The summed E-state index contributed by atoms with van der Waals surface area (Å²) in [7, 11) is 1.88. The summed E-state index contributed by atoms with van der Waals surface area (Å²) in [5.41, 5.74) is 2.97. The molecule has 1 heterocycles. The summed E-state index contributed by atoms with van der Waals surface area (Å²) in [6.07, 6.45) is 0. The Morgan fingerprint density at radius 3 is 2.50 bits per heavy atom. The number of hydrogen-bond acceptors (Lipinski definition) is 3. The topological polar surface area (TPSA) is 50.9 Å². The Hall–Kier alpha value is -2.36. The second-order valence-corrected chi connectivity index (χ2v) is 4.39. The number of phenols is 1. The van der Waals surface area contributed by atoms with Crippen LogP contribution in [0, 0.1) is 6.92 Å². The smallest absolute Gasteiger partial charge is 0.116 e. The van der Waals surface area contributed by atoms with Crippen LogP contribution in [0.5, 0.6) is 5.75 Å². The molecule has 18 heavy (non-hydrogen) atoms. The molecule has 3 rings (SSSR count). The minimum Gasteiger partial charge on any atom is -0.508 e. The summed E-state index contributed by atoms with van der Waals surface area (Å²) >= 11 is 0. The summed E-state index contributed by atoms with van der Waals surface area (Å²) in [5, 5.41) is 19.7. The fourth-order valence-electron chi connectivity index (χ4n) is 2.05. The summed E-state index contributed by atoms with van der Waals surface area (Å²) in [6, 6.07) is 11.4. The summed E-state index contributed by atoms with van der Waals surface area (Å²) in [5.74, 6) is 0.283. The highest BCUT2D eigenvalue weighted by molar-refractivity contribution is 5.88. The molecule has 4 heteroatoms. The number of fused-ring (bicyclic) bond motifs is 1. The van der Waals surface area contributed by atoms with Crippen LogP contribution in [0.3, 0.4) is 0 Å². The van der Waals surface area contributed by atoms with Gasteiger partial charge in [0.25, 0.3) is 0 Å². The number of hydrogen-bond donors (Lipinski definition) is 1. The number of aromatic nitrogens is 3. The number of aromatic hydroxyl groups is 1. The van der Waals surface area contributed by atoms with E-state index in [0.29, 0.717) is 0 Å². The lowest BCUT2D eigenvalue weighted by Crippen LogP contribution is -1.92. The van der Waals surface area contributed by atoms with E-state index in [1.54, 1.807) is 16.8 Å². The van der Waals surface area contributed by atoms with Crippen molar-refractivity contribution in [2.75, 3.05) is 0 Å². The molecular weight excluding hydrogens is 226 g/mol. The van der Waals surface area contributed by atoms with Gasteiger partial charge in [-0.15, -0.1) is 5.10 Å². The average Bonchev–Trinajstić information content (AvgIpc) is 2.69. The minimum absolute atomic E-state index is 0.283. The average molecular weight is 239 g/mol. The van der Waals surface area contributed by atoms with Gasteiger partial charge >= 0.3 is 0 Å². The molecule has 0 spiro atoms. The third-order valence-corrected chi connectivity index (χ3v) is 3.20. The zero-order chi connectivity index (χ0) is 12.7. The van der Waals surface area contributed by atoms with Crippen LogP contribution in [-0.2, 0) is 7.05 Å². The van der Waals surface area contributed by atoms with Crippen LogP contribution in [0.2, 0.25) is 0 Å². The second kappa shape index (κ2) is 3.84. The van der Waals surface area contributed by atoms with Crippen LogP contribution < -0.4 is 0 Å². The SMILES string of the molecule is Cc1c(-c2ccc3cc(O)ccc3c2)nnn1C. The van der Waals surface area contributed by atoms with Crippen molar-refractivity contribution in [3.8, 4) is 17.0 Å². The first-order valence-electron chi connectivity index (χ1n) is 5.74. The van der Waals surface area contributed by atoms with Crippen molar-refractivity contribution < 1.29 is 5.11 Å².